The summed E-state index contributed by atoms with van der Waals surface area (Å²) in [4.78, 5) is 50.0. The van der Waals surface area contributed by atoms with Crippen molar-refractivity contribution in [2.75, 3.05) is 11.9 Å². The fourth-order valence-corrected chi connectivity index (χ4v) is 3.03. The molecule has 2 aromatic carbocycles. The number of amides is 3. The van der Waals surface area contributed by atoms with Crippen LogP contribution in [0, 0.1) is 6.92 Å². The van der Waals surface area contributed by atoms with Crippen LogP contribution in [0.1, 0.15) is 33.2 Å². The van der Waals surface area contributed by atoms with E-state index in [9.17, 15) is 19.2 Å². The molecule has 1 aliphatic rings. The minimum Gasteiger partial charge on any atom is -0.454 e. The van der Waals surface area contributed by atoms with Crippen LogP contribution in [0.15, 0.2) is 42.5 Å². The number of nitrogens with zero attached hydrogens (tertiary/aromatic N) is 1. The van der Waals surface area contributed by atoms with Crippen molar-refractivity contribution in [3.63, 3.8) is 0 Å². The van der Waals surface area contributed by atoms with Gasteiger partial charge < -0.3 is 10.1 Å². The number of hydrogen-bond acceptors (Lipinski definition) is 5. The minimum absolute atomic E-state index is 0.237. The zero-order chi connectivity index (χ0) is 20.4. The highest BCUT2D eigenvalue weighted by atomic mass is 35.5. The average molecular weight is 401 g/mol. The molecule has 2 aromatic rings. The van der Waals surface area contributed by atoms with E-state index in [1.54, 1.807) is 37.3 Å². The van der Waals surface area contributed by atoms with Crippen molar-refractivity contribution in [2.24, 2.45) is 0 Å². The van der Waals surface area contributed by atoms with Gasteiger partial charge in [-0.2, -0.15) is 0 Å². The normalized spacial score (nSPS) is 13.9. The maximum absolute atomic E-state index is 12.4. The molecule has 0 saturated heterocycles. The molecule has 8 heteroatoms. The molecule has 3 rings (SSSR count). The molecule has 1 atom stereocenters. The summed E-state index contributed by atoms with van der Waals surface area (Å²) in [6, 6.07) is 10.2. The number of fused-ring (bicyclic) bond motifs is 1. The zero-order valence-electron chi connectivity index (χ0n) is 15.2. The second-order valence-electron chi connectivity index (χ2n) is 6.27. The molecule has 7 nitrogen and oxygen atoms in total. The molecule has 144 valence electrons. The Hall–Kier alpha value is -3.19. The highest BCUT2D eigenvalue weighted by molar-refractivity contribution is 6.31. The highest BCUT2D eigenvalue weighted by Crippen LogP contribution is 2.25. The lowest BCUT2D eigenvalue weighted by Gasteiger charge is -2.20. The van der Waals surface area contributed by atoms with Gasteiger partial charge in [0.25, 0.3) is 17.7 Å². The number of rotatable bonds is 5. The fraction of sp³-hybridized carbons (Fsp3) is 0.200. The second kappa shape index (κ2) is 7.82. The first-order valence-electron chi connectivity index (χ1n) is 8.49. The number of carbonyl (C=O) groups is 4. The fourth-order valence-electron chi connectivity index (χ4n) is 2.85. The average Bonchev–Trinajstić information content (AvgIpc) is 2.94. The molecule has 0 fully saturated rings. The summed E-state index contributed by atoms with van der Waals surface area (Å²) in [5, 5.41) is 3.09. The van der Waals surface area contributed by atoms with Crippen molar-refractivity contribution >= 4 is 41.0 Å². The number of esters is 1. The molecular formula is C20H17ClN2O5. The Morgan fingerprint density at radius 1 is 1.07 bits per heavy atom. The maximum atomic E-state index is 12.4. The second-order valence-corrected chi connectivity index (χ2v) is 6.68. The van der Waals surface area contributed by atoms with Crippen molar-refractivity contribution in [3.8, 4) is 0 Å². The van der Waals surface area contributed by atoms with Crippen LogP contribution in [0.5, 0.6) is 0 Å². The van der Waals surface area contributed by atoms with E-state index >= 15 is 0 Å². The van der Waals surface area contributed by atoms with Gasteiger partial charge in [0.2, 0.25) is 0 Å². The Morgan fingerprint density at radius 3 is 2.29 bits per heavy atom. The van der Waals surface area contributed by atoms with Gasteiger partial charge in [-0.15, -0.1) is 0 Å². The largest absolute Gasteiger partial charge is 0.454 e. The van der Waals surface area contributed by atoms with Gasteiger partial charge in [-0.1, -0.05) is 29.8 Å². The molecule has 1 heterocycles. The molecule has 1 aliphatic heterocycles. The van der Waals surface area contributed by atoms with Crippen LogP contribution < -0.4 is 5.32 Å². The number of nitrogens with one attached hydrogen (secondary N) is 1. The Bertz CT molecular complexity index is 953. The van der Waals surface area contributed by atoms with Crippen molar-refractivity contribution in [1.82, 2.24) is 4.90 Å². The Labute approximate surface area is 166 Å². The first-order chi connectivity index (χ1) is 13.3. The van der Waals surface area contributed by atoms with Crippen LogP contribution >= 0.6 is 11.6 Å². The van der Waals surface area contributed by atoms with Gasteiger partial charge in [-0.25, -0.2) is 4.79 Å². The molecule has 0 saturated carbocycles. The SMILES string of the molecule is Cc1c(Cl)cccc1NC(=O)COC(=O)C(C)N1C(=O)c2ccccc2C1=O. The van der Waals surface area contributed by atoms with E-state index in [2.05, 4.69) is 5.32 Å². The number of benzene rings is 2. The van der Waals surface area contributed by atoms with Crippen molar-refractivity contribution in [1.29, 1.82) is 0 Å². The van der Waals surface area contributed by atoms with Crippen LogP contribution in [-0.2, 0) is 14.3 Å². The summed E-state index contributed by atoms with van der Waals surface area (Å²) in [6.07, 6.45) is 0. The first kappa shape index (κ1) is 19.6. The van der Waals surface area contributed by atoms with Gasteiger partial charge in [0.15, 0.2) is 6.61 Å². The van der Waals surface area contributed by atoms with Crippen LogP contribution in [0.4, 0.5) is 5.69 Å². The van der Waals surface area contributed by atoms with Crippen molar-refractivity contribution in [2.45, 2.75) is 19.9 Å². The number of imide groups is 1. The third-order valence-corrected chi connectivity index (χ3v) is 4.85. The number of anilines is 1. The van der Waals surface area contributed by atoms with E-state index < -0.39 is 36.3 Å². The van der Waals surface area contributed by atoms with Gasteiger partial charge in [0, 0.05) is 10.7 Å². The monoisotopic (exact) mass is 400 g/mol. The Morgan fingerprint density at radius 2 is 1.68 bits per heavy atom. The van der Waals surface area contributed by atoms with Gasteiger partial charge in [0.05, 0.1) is 11.1 Å². The molecule has 1 N–H and O–H groups in total. The summed E-state index contributed by atoms with van der Waals surface area (Å²) < 4.78 is 4.99. The van der Waals surface area contributed by atoms with Crippen molar-refractivity contribution in [3.05, 3.63) is 64.2 Å². The molecule has 0 bridgehead atoms. The molecule has 0 aromatic heterocycles. The quantitative estimate of drug-likeness (QED) is 0.615. The van der Waals surface area contributed by atoms with Crippen molar-refractivity contribution < 1.29 is 23.9 Å². The standard InChI is InChI=1S/C20H17ClN2O5/c1-11-15(21)8-5-9-16(11)22-17(24)10-28-20(27)12(2)23-18(25)13-6-3-4-7-14(13)19(23)26/h3-9,12H,10H2,1-2H3,(H,22,24). The molecule has 0 spiro atoms. The maximum Gasteiger partial charge on any atom is 0.329 e. The van der Waals surface area contributed by atoms with Crippen LogP contribution in [0.25, 0.3) is 0 Å². The van der Waals surface area contributed by atoms with Gasteiger partial charge in [-0.3, -0.25) is 19.3 Å². The van der Waals surface area contributed by atoms with E-state index in [1.165, 1.54) is 19.1 Å². The number of ether oxygens (including phenoxy) is 1. The summed E-state index contributed by atoms with van der Waals surface area (Å²) in [7, 11) is 0. The van der Waals surface area contributed by atoms with Gasteiger partial charge >= 0.3 is 5.97 Å². The first-order valence-corrected chi connectivity index (χ1v) is 8.87. The summed E-state index contributed by atoms with van der Waals surface area (Å²) in [5.74, 6) is -2.55. The summed E-state index contributed by atoms with van der Waals surface area (Å²) in [5.41, 5.74) is 1.66. The van der Waals surface area contributed by atoms with Crippen LogP contribution in [-0.4, -0.2) is 41.2 Å². The lowest BCUT2D eigenvalue weighted by molar-refractivity contribution is -0.150. The van der Waals surface area contributed by atoms with Crippen LogP contribution in [0.3, 0.4) is 0 Å². The molecule has 1 unspecified atom stereocenters. The highest BCUT2D eigenvalue weighted by Gasteiger charge is 2.41. The van der Waals surface area contributed by atoms with E-state index in [1.807, 2.05) is 0 Å². The number of halogens is 1. The summed E-state index contributed by atoms with van der Waals surface area (Å²) in [6.45, 7) is 2.57. The smallest absolute Gasteiger partial charge is 0.329 e. The minimum atomic E-state index is -1.16. The molecule has 0 aliphatic carbocycles. The molecule has 28 heavy (non-hydrogen) atoms. The third-order valence-electron chi connectivity index (χ3n) is 4.44. The predicted molar refractivity (Wildman–Crippen MR) is 102 cm³/mol. The van der Waals surface area contributed by atoms with E-state index in [0.29, 0.717) is 16.3 Å². The lowest BCUT2D eigenvalue weighted by atomic mass is 10.1. The van der Waals surface area contributed by atoms with Crippen LogP contribution in [0.2, 0.25) is 5.02 Å². The van der Waals surface area contributed by atoms with E-state index in [-0.39, 0.29) is 11.1 Å². The van der Waals surface area contributed by atoms with E-state index in [4.69, 9.17) is 16.3 Å². The zero-order valence-corrected chi connectivity index (χ0v) is 15.9. The predicted octanol–water partition coefficient (Wildman–Crippen LogP) is 2.81. The number of carbonyl (C=O) groups excluding carboxylic acids is 4. The van der Waals surface area contributed by atoms with Gasteiger partial charge in [0.1, 0.15) is 6.04 Å². The lowest BCUT2D eigenvalue weighted by Crippen LogP contribution is -2.44. The summed E-state index contributed by atoms with van der Waals surface area (Å²) >= 11 is 6.00. The Kier molecular flexibility index (Phi) is 5.46. The van der Waals surface area contributed by atoms with Gasteiger partial charge in [-0.05, 0) is 43.7 Å². The number of hydrogen-bond donors (Lipinski definition) is 1. The third kappa shape index (κ3) is 3.61. The Balaban J connectivity index is 1.61. The molecule has 0 radical (unpaired) electrons. The molecular weight excluding hydrogens is 384 g/mol. The van der Waals surface area contributed by atoms with E-state index in [0.717, 1.165) is 4.90 Å². The molecule has 3 amide bonds. The topological polar surface area (TPSA) is 92.8 Å².